The Balaban J connectivity index is 1.89. The zero-order valence-electron chi connectivity index (χ0n) is 15.2. The van der Waals surface area contributed by atoms with Gasteiger partial charge in [0.2, 0.25) is 0 Å². The molecule has 1 aliphatic heterocycles. The van der Waals surface area contributed by atoms with Crippen LogP contribution in [0.4, 0.5) is 0 Å². The molecule has 1 heterocycles. The number of hydrogen-bond donors (Lipinski definition) is 3. The number of ether oxygens (including phenoxy) is 2. The minimum atomic E-state index is -0.0483. The molecule has 140 valence electrons. The fourth-order valence-electron chi connectivity index (χ4n) is 2.90. The molecule has 0 unspecified atom stereocenters. The number of phenols is 2. The van der Waals surface area contributed by atoms with Gasteiger partial charge in [0.15, 0.2) is 28.8 Å². The van der Waals surface area contributed by atoms with Gasteiger partial charge in [0.05, 0.1) is 14.2 Å². The summed E-state index contributed by atoms with van der Waals surface area (Å²) in [6, 6.07) is 9.87. The standard InChI is InChI=1S/C21H21NO5/c1-26-19-9-13(3-5-17(19)23)7-15-11-22-12-16(21(15)25)8-14-4-6-18(24)20(10-14)27-2/h3-10,22-24H,11-12H2,1-2H3/b15-7+,16-8+. The van der Waals surface area contributed by atoms with Crippen molar-refractivity contribution in [2.45, 2.75) is 0 Å². The van der Waals surface area contributed by atoms with E-state index in [0.29, 0.717) is 35.7 Å². The Morgan fingerprint density at radius 2 is 1.30 bits per heavy atom. The second-order valence-electron chi connectivity index (χ2n) is 6.13. The predicted molar refractivity (Wildman–Crippen MR) is 103 cm³/mol. The molecule has 6 heteroatoms. The number of Topliss-reactive ketones (excluding diaryl/α,β-unsaturated/α-hetero) is 1. The van der Waals surface area contributed by atoms with Gasteiger partial charge in [0, 0.05) is 24.2 Å². The molecule has 0 amide bonds. The van der Waals surface area contributed by atoms with E-state index in [1.54, 1.807) is 36.4 Å². The average molecular weight is 367 g/mol. The van der Waals surface area contributed by atoms with Gasteiger partial charge in [-0.3, -0.25) is 4.79 Å². The Kier molecular flexibility index (Phi) is 5.47. The lowest BCUT2D eigenvalue weighted by atomic mass is 9.95. The first-order valence-electron chi connectivity index (χ1n) is 8.42. The highest BCUT2D eigenvalue weighted by Crippen LogP contribution is 2.29. The van der Waals surface area contributed by atoms with Crippen molar-refractivity contribution in [3.63, 3.8) is 0 Å². The van der Waals surface area contributed by atoms with Crippen LogP contribution in [0.25, 0.3) is 12.2 Å². The molecule has 0 saturated carbocycles. The molecule has 2 aromatic carbocycles. The Labute approximate surface area is 157 Å². The smallest absolute Gasteiger partial charge is 0.187 e. The van der Waals surface area contributed by atoms with Gasteiger partial charge in [-0.05, 0) is 47.5 Å². The minimum absolute atomic E-state index is 0.0483. The summed E-state index contributed by atoms with van der Waals surface area (Å²) < 4.78 is 10.2. The molecule has 0 aromatic heterocycles. The van der Waals surface area contributed by atoms with Crippen LogP contribution in [0.3, 0.4) is 0 Å². The summed E-state index contributed by atoms with van der Waals surface area (Å²) >= 11 is 0. The second kappa shape index (κ2) is 7.97. The van der Waals surface area contributed by atoms with E-state index in [-0.39, 0.29) is 17.3 Å². The van der Waals surface area contributed by atoms with E-state index in [1.807, 2.05) is 0 Å². The lowest BCUT2D eigenvalue weighted by molar-refractivity contribution is -0.112. The number of nitrogens with one attached hydrogen (secondary N) is 1. The van der Waals surface area contributed by atoms with Gasteiger partial charge in [-0.2, -0.15) is 0 Å². The van der Waals surface area contributed by atoms with E-state index >= 15 is 0 Å². The summed E-state index contributed by atoms with van der Waals surface area (Å²) in [6.07, 6.45) is 3.56. The molecule has 2 aromatic rings. The zero-order chi connectivity index (χ0) is 19.4. The SMILES string of the molecule is COc1cc(/C=C2\CNC/C(=C\c3ccc(O)c(OC)c3)C2=O)ccc1O. The van der Waals surface area contributed by atoms with Crippen molar-refractivity contribution in [1.29, 1.82) is 0 Å². The van der Waals surface area contributed by atoms with Gasteiger partial charge in [0.25, 0.3) is 0 Å². The fourth-order valence-corrected chi connectivity index (χ4v) is 2.90. The summed E-state index contributed by atoms with van der Waals surface area (Å²) in [4.78, 5) is 12.8. The van der Waals surface area contributed by atoms with Gasteiger partial charge >= 0.3 is 0 Å². The summed E-state index contributed by atoms with van der Waals surface area (Å²) in [5.74, 6) is 0.761. The Hall–Kier alpha value is -3.25. The Morgan fingerprint density at radius 1 is 0.852 bits per heavy atom. The molecular formula is C21H21NO5. The highest BCUT2D eigenvalue weighted by Gasteiger charge is 2.20. The maximum Gasteiger partial charge on any atom is 0.187 e. The first-order valence-corrected chi connectivity index (χ1v) is 8.42. The summed E-state index contributed by atoms with van der Waals surface area (Å²) in [5.41, 5.74) is 2.77. The quantitative estimate of drug-likeness (QED) is 0.720. The third-order valence-corrected chi connectivity index (χ3v) is 4.30. The van der Waals surface area contributed by atoms with Crippen molar-refractivity contribution in [2.24, 2.45) is 0 Å². The van der Waals surface area contributed by atoms with Gasteiger partial charge < -0.3 is 25.0 Å². The first-order chi connectivity index (χ1) is 13.0. The Morgan fingerprint density at radius 3 is 1.70 bits per heavy atom. The van der Waals surface area contributed by atoms with Crippen LogP contribution in [-0.4, -0.2) is 43.3 Å². The monoisotopic (exact) mass is 367 g/mol. The number of carbonyl (C=O) groups is 1. The number of aromatic hydroxyl groups is 2. The lowest BCUT2D eigenvalue weighted by Gasteiger charge is -2.18. The number of carbonyl (C=O) groups excluding carboxylic acids is 1. The molecule has 6 nitrogen and oxygen atoms in total. The number of rotatable bonds is 4. The molecule has 0 aliphatic carbocycles. The van der Waals surface area contributed by atoms with Gasteiger partial charge in [-0.1, -0.05) is 12.1 Å². The van der Waals surface area contributed by atoms with E-state index in [9.17, 15) is 15.0 Å². The average Bonchev–Trinajstić information content (AvgIpc) is 2.67. The molecule has 3 N–H and O–H groups in total. The molecule has 0 spiro atoms. The third-order valence-electron chi connectivity index (χ3n) is 4.30. The third kappa shape index (κ3) is 4.12. The highest BCUT2D eigenvalue weighted by atomic mass is 16.5. The zero-order valence-corrected chi connectivity index (χ0v) is 15.2. The van der Waals surface area contributed by atoms with E-state index in [1.165, 1.54) is 26.4 Å². The topological polar surface area (TPSA) is 88.0 Å². The van der Waals surface area contributed by atoms with E-state index in [4.69, 9.17) is 9.47 Å². The van der Waals surface area contributed by atoms with Crippen molar-refractivity contribution in [1.82, 2.24) is 5.32 Å². The molecule has 1 fully saturated rings. The molecule has 27 heavy (non-hydrogen) atoms. The van der Waals surface area contributed by atoms with Crippen LogP contribution < -0.4 is 14.8 Å². The molecule has 1 saturated heterocycles. The van der Waals surface area contributed by atoms with Crippen LogP contribution >= 0.6 is 0 Å². The molecule has 3 rings (SSSR count). The van der Waals surface area contributed by atoms with Gasteiger partial charge in [-0.25, -0.2) is 0 Å². The molecule has 1 aliphatic rings. The van der Waals surface area contributed by atoms with Crippen LogP contribution in [0, 0.1) is 0 Å². The minimum Gasteiger partial charge on any atom is -0.504 e. The van der Waals surface area contributed by atoms with E-state index in [2.05, 4.69) is 5.32 Å². The van der Waals surface area contributed by atoms with Gasteiger partial charge in [-0.15, -0.1) is 0 Å². The summed E-state index contributed by atoms with van der Waals surface area (Å²) in [5, 5.41) is 22.6. The number of hydrogen-bond acceptors (Lipinski definition) is 6. The van der Waals surface area contributed by atoms with Gasteiger partial charge in [0.1, 0.15) is 0 Å². The van der Waals surface area contributed by atoms with Crippen molar-refractivity contribution in [3.05, 3.63) is 58.7 Å². The molecule has 0 radical (unpaired) electrons. The number of piperidine rings is 1. The number of phenolic OH excluding ortho intramolecular Hbond substituents is 2. The van der Waals surface area contributed by atoms with Crippen LogP contribution in [0.15, 0.2) is 47.5 Å². The lowest BCUT2D eigenvalue weighted by Crippen LogP contribution is -2.32. The predicted octanol–water partition coefficient (Wildman–Crippen LogP) is 2.75. The normalized spacial score (nSPS) is 17.3. The first kappa shape index (κ1) is 18.5. The number of benzene rings is 2. The number of methoxy groups -OCH3 is 2. The van der Waals surface area contributed by atoms with E-state index < -0.39 is 0 Å². The highest BCUT2D eigenvalue weighted by molar-refractivity contribution is 6.14. The second-order valence-corrected chi connectivity index (χ2v) is 6.13. The van der Waals surface area contributed by atoms with Crippen LogP contribution in [-0.2, 0) is 4.79 Å². The Bertz CT molecular complexity index is 857. The van der Waals surface area contributed by atoms with Crippen molar-refractivity contribution < 1.29 is 24.5 Å². The summed E-state index contributed by atoms with van der Waals surface area (Å²) in [7, 11) is 2.96. The largest absolute Gasteiger partial charge is 0.504 e. The van der Waals surface area contributed by atoms with Crippen molar-refractivity contribution in [2.75, 3.05) is 27.3 Å². The van der Waals surface area contributed by atoms with Crippen LogP contribution in [0.2, 0.25) is 0 Å². The molecular weight excluding hydrogens is 346 g/mol. The van der Waals surface area contributed by atoms with Crippen LogP contribution in [0.5, 0.6) is 23.0 Å². The summed E-state index contributed by atoms with van der Waals surface area (Å²) in [6.45, 7) is 0.913. The van der Waals surface area contributed by atoms with Crippen molar-refractivity contribution in [3.8, 4) is 23.0 Å². The molecule has 0 bridgehead atoms. The van der Waals surface area contributed by atoms with E-state index in [0.717, 1.165) is 11.1 Å². The molecule has 0 atom stereocenters. The maximum atomic E-state index is 12.8. The fraction of sp³-hybridized carbons (Fsp3) is 0.190. The van der Waals surface area contributed by atoms with Crippen LogP contribution in [0.1, 0.15) is 11.1 Å². The maximum absolute atomic E-state index is 12.8. The number of ketones is 1. The van der Waals surface area contributed by atoms with Crippen molar-refractivity contribution >= 4 is 17.9 Å².